The summed E-state index contributed by atoms with van der Waals surface area (Å²) in [5.74, 6) is -0.0706. The summed E-state index contributed by atoms with van der Waals surface area (Å²) in [6.07, 6.45) is 0.567. The number of methoxy groups -OCH3 is 1. The summed E-state index contributed by atoms with van der Waals surface area (Å²) in [7, 11) is -4.23. The van der Waals surface area contributed by atoms with E-state index in [-0.39, 0.29) is 11.5 Å². The quantitative estimate of drug-likeness (QED) is 0.565. The predicted octanol–water partition coefficient (Wildman–Crippen LogP) is 3.43. The highest BCUT2D eigenvalue weighted by molar-refractivity contribution is 7.88. The van der Waals surface area contributed by atoms with Crippen molar-refractivity contribution in [3.63, 3.8) is 0 Å². The van der Waals surface area contributed by atoms with Crippen molar-refractivity contribution in [2.75, 3.05) is 18.6 Å². The SMILES string of the molecule is COc1ccc2c(c1)CCN(c1ccc(OS(=O)(=O)C(F)(F)F)c(C)c1)C2=O. The third kappa shape index (κ3) is 3.64. The van der Waals surface area contributed by atoms with Crippen LogP contribution in [0, 0.1) is 6.92 Å². The molecule has 2 aromatic rings. The normalized spacial score (nSPS) is 14.6. The molecule has 0 fully saturated rings. The van der Waals surface area contributed by atoms with Crippen LogP contribution in [-0.4, -0.2) is 33.5 Å². The highest BCUT2D eigenvalue weighted by Gasteiger charge is 2.48. The maximum Gasteiger partial charge on any atom is 0.534 e. The topological polar surface area (TPSA) is 72.9 Å². The summed E-state index contributed by atoms with van der Waals surface area (Å²) in [5.41, 5.74) is -3.59. The lowest BCUT2D eigenvalue weighted by molar-refractivity contribution is -0.0500. The highest BCUT2D eigenvalue weighted by atomic mass is 32.2. The number of hydrogen-bond donors (Lipinski definition) is 0. The van der Waals surface area contributed by atoms with E-state index in [2.05, 4.69) is 4.18 Å². The van der Waals surface area contributed by atoms with E-state index in [1.165, 1.54) is 31.1 Å². The van der Waals surface area contributed by atoms with Gasteiger partial charge in [0.2, 0.25) is 0 Å². The van der Waals surface area contributed by atoms with Gasteiger partial charge in [-0.1, -0.05) is 0 Å². The van der Waals surface area contributed by atoms with E-state index in [1.54, 1.807) is 18.2 Å². The maximum absolute atomic E-state index is 12.8. The molecule has 0 saturated heterocycles. The number of ether oxygens (including phenoxy) is 1. The van der Waals surface area contributed by atoms with E-state index in [4.69, 9.17) is 4.74 Å². The number of benzene rings is 2. The van der Waals surface area contributed by atoms with Crippen LogP contribution >= 0.6 is 0 Å². The third-order valence-corrected chi connectivity index (χ3v) is 5.31. The number of fused-ring (bicyclic) bond motifs is 1. The van der Waals surface area contributed by atoms with Gasteiger partial charge in [0.15, 0.2) is 0 Å². The van der Waals surface area contributed by atoms with Gasteiger partial charge in [0.05, 0.1) is 7.11 Å². The Bertz CT molecular complexity index is 1030. The van der Waals surface area contributed by atoms with E-state index >= 15 is 0 Å². The van der Waals surface area contributed by atoms with Gasteiger partial charge in [0.25, 0.3) is 5.91 Å². The van der Waals surface area contributed by atoms with Gasteiger partial charge in [-0.2, -0.15) is 21.6 Å². The fourth-order valence-electron chi connectivity index (χ4n) is 2.90. The van der Waals surface area contributed by atoms with Gasteiger partial charge in [-0.3, -0.25) is 4.79 Å². The van der Waals surface area contributed by atoms with E-state index < -0.39 is 21.4 Å². The third-order valence-electron chi connectivity index (χ3n) is 4.35. The van der Waals surface area contributed by atoms with Crippen molar-refractivity contribution < 1.29 is 35.3 Å². The number of hydrogen-bond acceptors (Lipinski definition) is 5. The number of amides is 1. The lowest BCUT2D eigenvalue weighted by Gasteiger charge is -2.29. The largest absolute Gasteiger partial charge is 0.534 e. The minimum atomic E-state index is -5.76. The molecule has 6 nitrogen and oxygen atoms in total. The molecule has 1 heterocycles. The Morgan fingerprint density at radius 3 is 2.43 bits per heavy atom. The lowest BCUT2D eigenvalue weighted by atomic mass is 9.98. The zero-order chi connectivity index (χ0) is 20.7. The molecule has 3 rings (SSSR count). The minimum absolute atomic E-state index is 0.152. The molecule has 10 heteroatoms. The summed E-state index contributed by atoms with van der Waals surface area (Å²) in [4.78, 5) is 14.3. The van der Waals surface area contributed by atoms with Crippen molar-refractivity contribution in [2.45, 2.75) is 18.9 Å². The van der Waals surface area contributed by atoms with Gasteiger partial charge >= 0.3 is 15.6 Å². The predicted molar refractivity (Wildman–Crippen MR) is 95.2 cm³/mol. The summed E-state index contributed by atoms with van der Waals surface area (Å²) in [6.45, 7) is 1.76. The van der Waals surface area contributed by atoms with E-state index in [0.29, 0.717) is 30.0 Å². The molecule has 1 aliphatic rings. The molecule has 0 radical (unpaired) electrons. The number of carbonyl (C=O) groups excluding carboxylic acids is 1. The van der Waals surface area contributed by atoms with Crippen LogP contribution in [-0.2, 0) is 16.5 Å². The number of halogens is 3. The van der Waals surface area contributed by atoms with Crippen LogP contribution in [0.1, 0.15) is 21.5 Å². The number of nitrogens with zero attached hydrogens (tertiary/aromatic N) is 1. The average Bonchev–Trinajstić information content (AvgIpc) is 2.62. The standard InChI is InChI=1S/C18H16F3NO5S/c1-11-9-13(3-6-16(11)27-28(24,25)18(19,20)21)22-8-7-12-10-14(26-2)4-5-15(12)17(22)23/h3-6,9-10H,7-8H2,1-2H3. The van der Waals surface area contributed by atoms with Crippen LogP contribution in [0.2, 0.25) is 0 Å². The van der Waals surface area contributed by atoms with Gasteiger partial charge in [-0.15, -0.1) is 0 Å². The summed E-state index contributed by atoms with van der Waals surface area (Å²) >= 11 is 0. The second kappa shape index (κ2) is 7.01. The minimum Gasteiger partial charge on any atom is -0.497 e. The van der Waals surface area contributed by atoms with E-state index in [1.807, 2.05) is 0 Å². The van der Waals surface area contributed by atoms with Gasteiger partial charge in [-0.25, -0.2) is 0 Å². The molecule has 0 atom stereocenters. The second-order valence-electron chi connectivity index (χ2n) is 6.16. The first-order valence-corrected chi connectivity index (χ1v) is 9.54. The molecule has 0 bridgehead atoms. The molecule has 2 aromatic carbocycles. The molecular weight excluding hydrogens is 399 g/mol. The van der Waals surface area contributed by atoms with Crippen molar-refractivity contribution in [1.82, 2.24) is 0 Å². The number of carbonyl (C=O) groups is 1. The van der Waals surface area contributed by atoms with Crippen molar-refractivity contribution >= 4 is 21.7 Å². The van der Waals surface area contributed by atoms with Crippen LogP contribution in [0.15, 0.2) is 36.4 Å². The molecule has 0 saturated carbocycles. The fourth-order valence-corrected chi connectivity index (χ4v) is 3.42. The van der Waals surface area contributed by atoms with Crippen LogP contribution in [0.5, 0.6) is 11.5 Å². The van der Waals surface area contributed by atoms with Crippen molar-refractivity contribution in [3.8, 4) is 11.5 Å². The summed E-state index contributed by atoms with van der Waals surface area (Å²) in [6, 6.07) is 8.97. The maximum atomic E-state index is 12.8. The van der Waals surface area contributed by atoms with Gasteiger partial charge in [0.1, 0.15) is 11.5 Å². The Morgan fingerprint density at radius 1 is 1.11 bits per heavy atom. The molecule has 1 amide bonds. The van der Waals surface area contributed by atoms with E-state index in [9.17, 15) is 26.4 Å². The molecule has 0 aromatic heterocycles. The first kappa shape index (κ1) is 20.0. The number of rotatable bonds is 4. The number of alkyl halides is 3. The second-order valence-corrected chi connectivity index (χ2v) is 7.70. The first-order valence-electron chi connectivity index (χ1n) is 8.13. The summed E-state index contributed by atoms with van der Waals surface area (Å²) in [5, 5.41) is 0. The monoisotopic (exact) mass is 415 g/mol. The van der Waals surface area contributed by atoms with Crippen LogP contribution < -0.4 is 13.8 Å². The van der Waals surface area contributed by atoms with Crippen LogP contribution in [0.4, 0.5) is 18.9 Å². The Kier molecular flexibility index (Phi) is 5.00. The Morgan fingerprint density at radius 2 is 1.82 bits per heavy atom. The van der Waals surface area contributed by atoms with Gasteiger partial charge < -0.3 is 13.8 Å². The van der Waals surface area contributed by atoms with E-state index in [0.717, 1.165) is 11.6 Å². The van der Waals surface area contributed by atoms with Gasteiger partial charge in [-0.05, 0) is 60.9 Å². The van der Waals surface area contributed by atoms with Crippen molar-refractivity contribution in [3.05, 3.63) is 53.1 Å². The van der Waals surface area contributed by atoms with Crippen LogP contribution in [0.3, 0.4) is 0 Å². The molecule has 28 heavy (non-hydrogen) atoms. The van der Waals surface area contributed by atoms with Gasteiger partial charge in [0, 0.05) is 17.8 Å². The molecular formula is C18H16F3NO5S. The fraction of sp³-hybridized carbons (Fsp3) is 0.278. The summed E-state index contributed by atoms with van der Waals surface area (Å²) < 4.78 is 69.2. The Labute approximate surface area is 159 Å². The average molecular weight is 415 g/mol. The molecule has 0 spiro atoms. The molecule has 0 N–H and O–H groups in total. The number of aryl methyl sites for hydroxylation is 1. The Hall–Kier alpha value is -2.75. The lowest BCUT2D eigenvalue weighted by Crippen LogP contribution is -2.37. The smallest absolute Gasteiger partial charge is 0.497 e. The highest BCUT2D eigenvalue weighted by Crippen LogP contribution is 2.33. The first-order chi connectivity index (χ1) is 13.0. The molecule has 150 valence electrons. The van der Waals surface area contributed by atoms with Crippen molar-refractivity contribution in [1.29, 1.82) is 0 Å². The number of anilines is 1. The zero-order valence-corrected chi connectivity index (χ0v) is 15.7. The molecule has 0 unspecified atom stereocenters. The zero-order valence-electron chi connectivity index (χ0n) is 14.9. The molecule has 1 aliphatic heterocycles. The Balaban J connectivity index is 1.87. The van der Waals surface area contributed by atoms with Crippen molar-refractivity contribution in [2.24, 2.45) is 0 Å². The van der Waals surface area contributed by atoms with Crippen LogP contribution in [0.25, 0.3) is 0 Å². The molecule has 0 aliphatic carbocycles.